The van der Waals surface area contributed by atoms with Crippen LogP contribution in [-0.4, -0.2) is 27.8 Å². The topological polar surface area (TPSA) is 97.1 Å². The lowest BCUT2D eigenvalue weighted by Crippen LogP contribution is -2.25. The lowest BCUT2D eigenvalue weighted by molar-refractivity contribution is -0.113. The van der Waals surface area contributed by atoms with Crippen molar-refractivity contribution in [2.24, 2.45) is 0 Å². The maximum Gasteiger partial charge on any atom is 0.277 e. The summed E-state index contributed by atoms with van der Waals surface area (Å²) in [5.41, 5.74) is -0.142. The third-order valence-corrected chi connectivity index (χ3v) is 4.53. The van der Waals surface area contributed by atoms with E-state index in [0.29, 0.717) is 10.7 Å². The summed E-state index contributed by atoms with van der Waals surface area (Å²) in [6.45, 7) is -0.227. The van der Waals surface area contributed by atoms with Gasteiger partial charge in [-0.05, 0) is 30.3 Å². The Bertz CT molecular complexity index is 1030. The zero-order valence-electron chi connectivity index (χ0n) is 14.6. The molecule has 0 fully saturated rings. The van der Waals surface area contributed by atoms with Crippen LogP contribution in [0.3, 0.4) is 0 Å². The minimum atomic E-state index is -0.977. The second-order valence-electron chi connectivity index (χ2n) is 5.59. The fraction of sp³-hybridized carbons (Fsp3) is 0.111. The van der Waals surface area contributed by atoms with Crippen molar-refractivity contribution in [3.8, 4) is 0 Å². The number of halogens is 3. The third-order valence-electron chi connectivity index (χ3n) is 3.47. The van der Waals surface area contributed by atoms with E-state index in [-0.39, 0.29) is 29.3 Å². The van der Waals surface area contributed by atoms with Gasteiger partial charge in [0.05, 0.1) is 12.3 Å². The van der Waals surface area contributed by atoms with Crippen LogP contribution in [0.4, 0.5) is 14.5 Å². The zero-order chi connectivity index (χ0) is 20.8. The number of amides is 2. The predicted molar refractivity (Wildman–Crippen MR) is 103 cm³/mol. The SMILES string of the molecule is O=C(CSc1nnc(CNC(=O)c2c(F)cccc2F)o1)Nc1cccc(Cl)c1. The highest BCUT2D eigenvalue weighted by Crippen LogP contribution is 2.19. The van der Waals surface area contributed by atoms with Gasteiger partial charge in [-0.25, -0.2) is 8.78 Å². The number of benzene rings is 2. The van der Waals surface area contributed by atoms with Gasteiger partial charge >= 0.3 is 0 Å². The minimum Gasteiger partial charge on any atom is -0.414 e. The van der Waals surface area contributed by atoms with Crippen molar-refractivity contribution in [3.05, 3.63) is 70.6 Å². The van der Waals surface area contributed by atoms with Gasteiger partial charge in [0.2, 0.25) is 11.8 Å². The molecule has 0 radical (unpaired) electrons. The Labute approximate surface area is 172 Å². The molecule has 2 N–H and O–H groups in total. The Balaban J connectivity index is 1.49. The van der Waals surface area contributed by atoms with Gasteiger partial charge in [-0.2, -0.15) is 0 Å². The van der Waals surface area contributed by atoms with Crippen molar-refractivity contribution in [2.75, 3.05) is 11.1 Å². The Hall–Kier alpha value is -2.98. The van der Waals surface area contributed by atoms with Crippen molar-refractivity contribution in [3.63, 3.8) is 0 Å². The molecular weight excluding hydrogens is 426 g/mol. The number of hydrogen-bond donors (Lipinski definition) is 2. The molecule has 3 rings (SSSR count). The van der Waals surface area contributed by atoms with Crippen LogP contribution in [0.15, 0.2) is 52.1 Å². The van der Waals surface area contributed by atoms with Gasteiger partial charge in [0, 0.05) is 10.7 Å². The molecule has 29 heavy (non-hydrogen) atoms. The molecule has 0 aliphatic heterocycles. The Morgan fingerprint density at radius 2 is 1.83 bits per heavy atom. The molecule has 7 nitrogen and oxygen atoms in total. The van der Waals surface area contributed by atoms with Crippen molar-refractivity contribution >= 4 is 40.9 Å². The third kappa shape index (κ3) is 5.75. The number of rotatable bonds is 7. The first-order valence-electron chi connectivity index (χ1n) is 8.15. The quantitative estimate of drug-likeness (QED) is 0.546. The maximum atomic E-state index is 13.6. The summed E-state index contributed by atoms with van der Waals surface area (Å²) in [4.78, 5) is 23.9. The summed E-state index contributed by atoms with van der Waals surface area (Å²) in [6.07, 6.45) is 0. The molecule has 3 aromatic rings. The highest BCUT2D eigenvalue weighted by molar-refractivity contribution is 7.99. The van der Waals surface area contributed by atoms with Crippen LogP contribution in [0.1, 0.15) is 16.2 Å². The van der Waals surface area contributed by atoms with Crippen LogP contribution in [0.25, 0.3) is 0 Å². The van der Waals surface area contributed by atoms with E-state index in [9.17, 15) is 18.4 Å². The fourth-order valence-electron chi connectivity index (χ4n) is 2.22. The standard InChI is InChI=1S/C18H13ClF2N4O3S/c19-10-3-1-4-11(7-10)23-14(26)9-29-18-25-24-15(28-18)8-22-17(27)16-12(20)5-2-6-13(16)21/h1-7H,8-9H2,(H,22,27)(H,23,26). The molecule has 1 aromatic heterocycles. The number of carbonyl (C=O) groups excluding carboxylic acids is 2. The molecule has 0 unspecified atom stereocenters. The number of thioether (sulfide) groups is 1. The summed E-state index contributed by atoms with van der Waals surface area (Å²) in [7, 11) is 0. The molecule has 2 aromatic carbocycles. The fourth-order valence-corrected chi connectivity index (χ4v) is 2.99. The Kier molecular flexibility index (Phi) is 6.78. The molecule has 11 heteroatoms. The molecule has 2 amide bonds. The van der Waals surface area contributed by atoms with Gasteiger partial charge in [-0.1, -0.05) is 35.5 Å². The number of nitrogens with zero attached hydrogens (tertiary/aromatic N) is 2. The molecule has 150 valence electrons. The van der Waals surface area contributed by atoms with Gasteiger partial charge in [0.25, 0.3) is 11.1 Å². The molecular formula is C18H13ClF2N4O3S. The van der Waals surface area contributed by atoms with Crippen molar-refractivity contribution in [2.45, 2.75) is 11.8 Å². The molecule has 0 atom stereocenters. The van der Waals surface area contributed by atoms with Gasteiger partial charge in [0.15, 0.2) is 0 Å². The number of hydrogen-bond acceptors (Lipinski definition) is 6. The van der Waals surface area contributed by atoms with Crippen molar-refractivity contribution in [1.82, 2.24) is 15.5 Å². The number of anilines is 1. The predicted octanol–water partition coefficient (Wildman–Crippen LogP) is 3.66. The molecule has 0 spiro atoms. The molecule has 1 heterocycles. The molecule has 0 aliphatic carbocycles. The van der Waals surface area contributed by atoms with Crippen LogP contribution in [0.5, 0.6) is 0 Å². The van der Waals surface area contributed by atoms with Crippen LogP contribution in [0, 0.1) is 11.6 Å². The average Bonchev–Trinajstić information content (AvgIpc) is 3.12. The Morgan fingerprint density at radius 1 is 1.10 bits per heavy atom. The summed E-state index contributed by atoms with van der Waals surface area (Å²) in [6, 6.07) is 9.81. The zero-order valence-corrected chi connectivity index (χ0v) is 16.2. The van der Waals surface area contributed by atoms with Crippen molar-refractivity contribution in [1.29, 1.82) is 0 Å². The first kappa shape index (κ1) is 20.7. The van der Waals surface area contributed by atoms with E-state index in [1.807, 2.05) is 0 Å². The van der Waals surface area contributed by atoms with Crippen LogP contribution >= 0.6 is 23.4 Å². The highest BCUT2D eigenvalue weighted by atomic mass is 35.5. The second-order valence-corrected chi connectivity index (χ2v) is 6.95. The van der Waals surface area contributed by atoms with Crippen LogP contribution < -0.4 is 10.6 Å². The lowest BCUT2D eigenvalue weighted by Gasteiger charge is -2.05. The van der Waals surface area contributed by atoms with E-state index >= 15 is 0 Å². The normalized spacial score (nSPS) is 10.6. The highest BCUT2D eigenvalue weighted by Gasteiger charge is 2.18. The van der Waals surface area contributed by atoms with E-state index < -0.39 is 23.1 Å². The lowest BCUT2D eigenvalue weighted by atomic mass is 10.2. The molecule has 0 saturated heterocycles. The van der Waals surface area contributed by atoms with E-state index in [4.69, 9.17) is 16.0 Å². The number of carbonyl (C=O) groups is 2. The maximum absolute atomic E-state index is 13.6. The average molecular weight is 439 g/mol. The molecule has 0 aliphatic rings. The summed E-state index contributed by atoms with van der Waals surface area (Å²) >= 11 is 6.84. The van der Waals surface area contributed by atoms with Gasteiger partial charge < -0.3 is 15.1 Å². The first-order valence-corrected chi connectivity index (χ1v) is 9.51. The second kappa shape index (κ2) is 9.48. The van der Waals surface area contributed by atoms with E-state index in [1.54, 1.807) is 24.3 Å². The van der Waals surface area contributed by atoms with Crippen LogP contribution in [-0.2, 0) is 11.3 Å². The summed E-state index contributed by atoms with van der Waals surface area (Å²) < 4.78 is 32.5. The van der Waals surface area contributed by atoms with E-state index in [0.717, 1.165) is 30.0 Å². The smallest absolute Gasteiger partial charge is 0.277 e. The van der Waals surface area contributed by atoms with E-state index in [2.05, 4.69) is 20.8 Å². The largest absolute Gasteiger partial charge is 0.414 e. The summed E-state index contributed by atoms with van der Waals surface area (Å²) in [5.74, 6) is -3.19. The Morgan fingerprint density at radius 3 is 2.55 bits per heavy atom. The van der Waals surface area contributed by atoms with Gasteiger partial charge in [0.1, 0.15) is 17.2 Å². The minimum absolute atomic E-state index is 0.000936. The van der Waals surface area contributed by atoms with Gasteiger partial charge in [-0.15, -0.1) is 10.2 Å². The van der Waals surface area contributed by atoms with E-state index in [1.165, 1.54) is 0 Å². The first-order chi connectivity index (χ1) is 13.9. The van der Waals surface area contributed by atoms with Crippen LogP contribution in [0.2, 0.25) is 5.02 Å². The van der Waals surface area contributed by atoms with Crippen molar-refractivity contribution < 1.29 is 22.8 Å². The molecule has 0 saturated carbocycles. The number of aromatic nitrogens is 2. The monoisotopic (exact) mass is 438 g/mol. The van der Waals surface area contributed by atoms with Gasteiger partial charge in [-0.3, -0.25) is 9.59 Å². The summed E-state index contributed by atoms with van der Waals surface area (Å²) in [5, 5.41) is 13.0. The molecule has 0 bridgehead atoms. The number of nitrogens with one attached hydrogen (secondary N) is 2.